The first-order chi connectivity index (χ1) is 15.3. The minimum absolute atomic E-state index is 0.220. The van der Waals surface area contributed by atoms with Gasteiger partial charge in [0.1, 0.15) is 18.9 Å². The van der Waals surface area contributed by atoms with Crippen molar-refractivity contribution in [1.82, 2.24) is 15.3 Å². The number of carbonyl (C=O) groups is 1. The van der Waals surface area contributed by atoms with E-state index >= 15 is 0 Å². The van der Waals surface area contributed by atoms with Crippen LogP contribution >= 0.6 is 0 Å². The molecule has 6 heteroatoms. The fourth-order valence-corrected chi connectivity index (χ4v) is 3.08. The topological polar surface area (TPSA) is 65.4 Å². The molecule has 0 unspecified atom stereocenters. The maximum absolute atomic E-state index is 12.2. The number of benzene rings is 3. The lowest BCUT2D eigenvalue weighted by molar-refractivity contribution is 0.0703. The Morgan fingerprint density at radius 1 is 0.806 bits per heavy atom. The van der Waals surface area contributed by atoms with Crippen molar-refractivity contribution in [3.63, 3.8) is 0 Å². The summed E-state index contributed by atoms with van der Waals surface area (Å²) in [6.07, 6.45) is 1.30. The second-order valence-electron chi connectivity index (χ2n) is 6.95. The van der Waals surface area contributed by atoms with Gasteiger partial charge < -0.3 is 14.9 Å². The minimum Gasteiger partial charge on any atom is -0.445 e. The molecule has 0 aliphatic heterocycles. The number of carbonyl (C=O) groups excluding carboxylic acids is 1. The van der Waals surface area contributed by atoms with Gasteiger partial charge in [0.05, 0.1) is 6.20 Å². The van der Waals surface area contributed by atoms with Crippen LogP contribution in [0.25, 0.3) is 11.3 Å². The van der Waals surface area contributed by atoms with Crippen LogP contribution in [-0.2, 0) is 24.5 Å². The molecular weight excluding hydrogens is 390 g/mol. The molecular formula is C25H23N3O3. The molecule has 1 amide bonds. The highest BCUT2D eigenvalue weighted by molar-refractivity contribution is 5.68. The summed E-state index contributed by atoms with van der Waals surface area (Å²) in [6, 6.07) is 29.2. The van der Waals surface area contributed by atoms with Crippen LogP contribution in [0.2, 0.25) is 0 Å². The number of hydrogen-bond donors (Lipinski definition) is 1. The molecule has 4 aromatic rings. The van der Waals surface area contributed by atoms with E-state index in [4.69, 9.17) is 9.57 Å². The second kappa shape index (κ2) is 10.1. The Morgan fingerprint density at radius 3 is 2.03 bits per heavy atom. The molecule has 1 aromatic heterocycles. The maximum atomic E-state index is 12.2. The zero-order valence-corrected chi connectivity index (χ0v) is 17.0. The van der Waals surface area contributed by atoms with Crippen LogP contribution < -0.4 is 10.2 Å². The average molecular weight is 413 g/mol. The highest BCUT2D eigenvalue weighted by atomic mass is 16.7. The van der Waals surface area contributed by atoms with Crippen molar-refractivity contribution >= 4 is 6.09 Å². The van der Waals surface area contributed by atoms with Gasteiger partial charge >= 0.3 is 6.09 Å². The van der Waals surface area contributed by atoms with Crippen molar-refractivity contribution in [1.29, 1.82) is 0 Å². The minimum atomic E-state index is -0.485. The largest absolute Gasteiger partial charge is 0.445 e. The maximum Gasteiger partial charge on any atom is 0.407 e. The standard InChI is InChI=1S/C25H23N3O3/c29-25(30-18-20-10-4-1-5-11-20)26-16-23-17-28(31-19-21-12-6-2-7-13-21)27-24(23)22-14-8-3-9-15-22/h1-15,17H,16,18-19H2,(H,26,29). The molecule has 4 rings (SSSR count). The van der Waals surface area contributed by atoms with Gasteiger partial charge in [0, 0.05) is 17.7 Å². The molecule has 31 heavy (non-hydrogen) atoms. The van der Waals surface area contributed by atoms with E-state index in [1.54, 1.807) is 6.20 Å². The van der Waals surface area contributed by atoms with E-state index in [1.807, 2.05) is 91.0 Å². The number of nitrogens with zero attached hydrogens (tertiary/aromatic N) is 2. The highest BCUT2D eigenvalue weighted by Gasteiger charge is 2.13. The van der Waals surface area contributed by atoms with Crippen LogP contribution in [0, 0.1) is 0 Å². The molecule has 0 fully saturated rings. The fraction of sp³-hybridized carbons (Fsp3) is 0.120. The van der Waals surface area contributed by atoms with Gasteiger partial charge in [0.2, 0.25) is 0 Å². The molecule has 0 saturated carbocycles. The molecule has 156 valence electrons. The van der Waals surface area contributed by atoms with Gasteiger partial charge in [-0.1, -0.05) is 91.0 Å². The first kappa shape index (κ1) is 20.2. The van der Waals surface area contributed by atoms with E-state index in [2.05, 4.69) is 10.4 Å². The number of rotatable bonds is 8. The number of ether oxygens (including phenoxy) is 1. The SMILES string of the molecule is O=C(NCc1cn(OCc2ccccc2)nc1-c1ccccc1)OCc1ccccc1. The first-order valence-corrected chi connectivity index (χ1v) is 10.0. The second-order valence-corrected chi connectivity index (χ2v) is 6.95. The third-order valence-electron chi connectivity index (χ3n) is 4.66. The van der Waals surface area contributed by atoms with Crippen LogP contribution in [0.1, 0.15) is 16.7 Å². The van der Waals surface area contributed by atoms with E-state index in [-0.39, 0.29) is 13.2 Å². The van der Waals surface area contributed by atoms with Gasteiger partial charge in [-0.3, -0.25) is 0 Å². The normalized spacial score (nSPS) is 10.5. The number of hydrogen-bond acceptors (Lipinski definition) is 4. The van der Waals surface area contributed by atoms with Gasteiger partial charge in [-0.25, -0.2) is 4.79 Å². The van der Waals surface area contributed by atoms with Gasteiger partial charge in [0.25, 0.3) is 0 Å². The third kappa shape index (κ3) is 5.73. The molecule has 0 aliphatic rings. The summed E-state index contributed by atoms with van der Waals surface area (Å²) in [4.78, 5) is 19.4. The molecule has 1 N–H and O–H groups in total. The Balaban J connectivity index is 1.42. The van der Waals surface area contributed by atoms with E-state index < -0.39 is 6.09 Å². The summed E-state index contributed by atoms with van der Waals surface area (Å²) in [5.41, 5.74) is 4.50. The molecule has 0 radical (unpaired) electrons. The summed E-state index contributed by atoms with van der Waals surface area (Å²) >= 11 is 0. The van der Waals surface area contributed by atoms with Crippen molar-refractivity contribution < 1.29 is 14.4 Å². The van der Waals surface area contributed by atoms with E-state index in [0.29, 0.717) is 6.61 Å². The quantitative estimate of drug-likeness (QED) is 0.458. The summed E-state index contributed by atoms with van der Waals surface area (Å²) < 4.78 is 5.30. The highest BCUT2D eigenvalue weighted by Crippen LogP contribution is 2.21. The smallest absolute Gasteiger partial charge is 0.407 e. The van der Waals surface area contributed by atoms with Gasteiger partial charge in [-0.05, 0) is 11.1 Å². The van der Waals surface area contributed by atoms with Gasteiger partial charge in [-0.2, -0.15) is 0 Å². The molecule has 0 spiro atoms. The van der Waals surface area contributed by atoms with Gasteiger partial charge in [0.15, 0.2) is 0 Å². The average Bonchev–Trinajstić information content (AvgIpc) is 3.25. The zero-order chi connectivity index (χ0) is 21.3. The van der Waals surface area contributed by atoms with Crippen LogP contribution in [0.3, 0.4) is 0 Å². The first-order valence-electron chi connectivity index (χ1n) is 10.0. The molecule has 3 aromatic carbocycles. The third-order valence-corrected chi connectivity index (χ3v) is 4.66. The number of amides is 1. The number of nitrogens with one attached hydrogen (secondary N) is 1. The lowest BCUT2D eigenvalue weighted by atomic mass is 10.1. The van der Waals surface area contributed by atoms with Crippen molar-refractivity contribution in [2.75, 3.05) is 0 Å². The van der Waals surface area contributed by atoms with Crippen molar-refractivity contribution in [2.24, 2.45) is 0 Å². The van der Waals surface area contributed by atoms with Crippen molar-refractivity contribution in [2.45, 2.75) is 19.8 Å². The molecule has 6 nitrogen and oxygen atoms in total. The zero-order valence-electron chi connectivity index (χ0n) is 17.0. The Kier molecular flexibility index (Phi) is 6.60. The summed E-state index contributed by atoms with van der Waals surface area (Å²) in [5, 5.41) is 7.37. The monoisotopic (exact) mass is 413 g/mol. The van der Waals surface area contributed by atoms with Crippen LogP contribution in [0.15, 0.2) is 97.2 Å². The summed E-state index contributed by atoms with van der Waals surface area (Å²) in [7, 11) is 0. The van der Waals surface area contributed by atoms with Crippen molar-refractivity contribution in [3.05, 3.63) is 114 Å². The predicted octanol–water partition coefficient (Wildman–Crippen LogP) is 4.61. The lowest BCUT2D eigenvalue weighted by Gasteiger charge is -2.07. The van der Waals surface area contributed by atoms with E-state index in [1.165, 1.54) is 4.85 Å². The molecule has 1 heterocycles. The summed E-state index contributed by atoms with van der Waals surface area (Å²) in [5.74, 6) is 0. The number of aromatic nitrogens is 2. The van der Waals surface area contributed by atoms with Crippen LogP contribution in [0.5, 0.6) is 0 Å². The predicted molar refractivity (Wildman–Crippen MR) is 118 cm³/mol. The van der Waals surface area contributed by atoms with E-state index in [0.717, 1.165) is 27.9 Å². The fourth-order valence-electron chi connectivity index (χ4n) is 3.08. The molecule has 0 aliphatic carbocycles. The molecule has 0 atom stereocenters. The van der Waals surface area contributed by atoms with Crippen molar-refractivity contribution in [3.8, 4) is 11.3 Å². The number of alkyl carbamates (subject to hydrolysis) is 1. The van der Waals surface area contributed by atoms with Crippen LogP contribution in [-0.4, -0.2) is 16.0 Å². The Morgan fingerprint density at radius 2 is 1.39 bits per heavy atom. The van der Waals surface area contributed by atoms with Crippen LogP contribution in [0.4, 0.5) is 4.79 Å². The van der Waals surface area contributed by atoms with Gasteiger partial charge in [-0.15, -0.1) is 9.94 Å². The summed E-state index contributed by atoms with van der Waals surface area (Å²) in [6.45, 7) is 0.882. The Bertz CT molecular complexity index is 1100. The molecule has 0 saturated heterocycles. The Labute approximate surface area is 181 Å². The Hall–Kier alpha value is -4.06. The lowest BCUT2D eigenvalue weighted by Crippen LogP contribution is -2.23. The van der Waals surface area contributed by atoms with E-state index in [9.17, 15) is 4.79 Å². The molecule has 0 bridgehead atoms.